The molecule has 0 N–H and O–H groups in total. The summed E-state index contributed by atoms with van der Waals surface area (Å²) < 4.78 is 10.1. The summed E-state index contributed by atoms with van der Waals surface area (Å²) in [6.45, 7) is 2.86. The minimum absolute atomic E-state index is 0.235. The third-order valence-corrected chi connectivity index (χ3v) is 2.60. The van der Waals surface area contributed by atoms with E-state index in [9.17, 15) is 4.79 Å². The molecule has 0 radical (unpaired) electrons. The minimum atomic E-state index is -0.358. The highest BCUT2D eigenvalue weighted by Crippen LogP contribution is 2.20. The van der Waals surface area contributed by atoms with Crippen molar-refractivity contribution < 1.29 is 14.3 Å². The summed E-state index contributed by atoms with van der Waals surface area (Å²) in [7, 11) is 0. The van der Waals surface area contributed by atoms with Crippen molar-refractivity contribution in [3.8, 4) is 0 Å². The van der Waals surface area contributed by atoms with Crippen LogP contribution in [0.3, 0.4) is 0 Å². The summed E-state index contributed by atoms with van der Waals surface area (Å²) in [4.78, 5) is 11.6. The van der Waals surface area contributed by atoms with Gasteiger partial charge in [0.2, 0.25) is 0 Å². The van der Waals surface area contributed by atoms with Crippen molar-refractivity contribution in [2.24, 2.45) is 0 Å². The molecular formula is C8H13BrO3. The molecule has 4 heteroatoms. The molecule has 2 atom stereocenters. The van der Waals surface area contributed by atoms with E-state index in [0.717, 1.165) is 12.8 Å². The number of alkyl halides is 1. The number of esters is 1. The van der Waals surface area contributed by atoms with Crippen molar-refractivity contribution in [2.45, 2.75) is 30.7 Å². The first-order valence-electron chi connectivity index (χ1n) is 4.16. The Labute approximate surface area is 80.5 Å². The van der Waals surface area contributed by atoms with E-state index in [4.69, 9.17) is 9.47 Å². The van der Waals surface area contributed by atoms with Gasteiger partial charge in [0.25, 0.3) is 0 Å². The Hall–Kier alpha value is -0.0900. The monoisotopic (exact) mass is 236 g/mol. The lowest BCUT2D eigenvalue weighted by molar-refractivity contribution is -0.159. The largest absolute Gasteiger partial charge is 0.464 e. The summed E-state index contributed by atoms with van der Waals surface area (Å²) in [6, 6.07) is 0. The van der Waals surface area contributed by atoms with Crippen LogP contribution in [0.15, 0.2) is 0 Å². The smallest absolute Gasteiger partial charge is 0.335 e. The van der Waals surface area contributed by atoms with Gasteiger partial charge >= 0.3 is 5.97 Å². The minimum Gasteiger partial charge on any atom is -0.464 e. The van der Waals surface area contributed by atoms with Gasteiger partial charge in [-0.05, 0) is 19.8 Å². The molecular weight excluding hydrogens is 224 g/mol. The number of carbonyl (C=O) groups excluding carboxylic acids is 1. The Morgan fingerprint density at radius 1 is 1.75 bits per heavy atom. The van der Waals surface area contributed by atoms with E-state index in [1.807, 2.05) is 0 Å². The normalized spacial score (nSPS) is 29.8. The maximum Gasteiger partial charge on any atom is 0.335 e. The van der Waals surface area contributed by atoms with Gasteiger partial charge in [0.1, 0.15) is 0 Å². The molecule has 1 saturated heterocycles. The molecule has 12 heavy (non-hydrogen) atoms. The van der Waals surface area contributed by atoms with Gasteiger partial charge in [-0.3, -0.25) is 0 Å². The van der Waals surface area contributed by atoms with E-state index >= 15 is 0 Å². The van der Waals surface area contributed by atoms with Crippen LogP contribution in [0.25, 0.3) is 0 Å². The maximum atomic E-state index is 11.2. The molecule has 1 aliphatic rings. The van der Waals surface area contributed by atoms with Crippen LogP contribution < -0.4 is 0 Å². The van der Waals surface area contributed by atoms with Gasteiger partial charge < -0.3 is 9.47 Å². The zero-order valence-electron chi connectivity index (χ0n) is 7.09. The Balaban J connectivity index is 2.35. The number of rotatable bonds is 2. The van der Waals surface area contributed by atoms with Crippen molar-refractivity contribution >= 4 is 21.9 Å². The predicted octanol–water partition coefficient (Wildman–Crippen LogP) is 1.49. The van der Waals surface area contributed by atoms with Crippen LogP contribution in [-0.4, -0.2) is 30.1 Å². The molecule has 1 heterocycles. The molecule has 0 aromatic heterocycles. The molecule has 0 aromatic rings. The third kappa shape index (κ3) is 2.75. The zero-order valence-corrected chi connectivity index (χ0v) is 8.67. The van der Waals surface area contributed by atoms with Crippen LogP contribution in [0.1, 0.15) is 19.8 Å². The van der Waals surface area contributed by atoms with Crippen molar-refractivity contribution in [2.75, 3.05) is 13.2 Å². The lowest BCUT2D eigenvalue weighted by Crippen LogP contribution is -2.34. The number of hydrogen-bond acceptors (Lipinski definition) is 3. The second-order valence-corrected chi connectivity index (χ2v) is 4.03. The topological polar surface area (TPSA) is 35.5 Å². The van der Waals surface area contributed by atoms with Crippen molar-refractivity contribution in [1.82, 2.24) is 0 Å². The first kappa shape index (κ1) is 9.99. The summed E-state index contributed by atoms with van der Waals surface area (Å²) >= 11 is 3.46. The molecule has 1 aliphatic heterocycles. The van der Waals surface area contributed by atoms with Crippen LogP contribution in [0.2, 0.25) is 0 Å². The average Bonchev–Trinajstić information content (AvgIpc) is 2.05. The second kappa shape index (κ2) is 4.82. The van der Waals surface area contributed by atoms with Crippen LogP contribution in [0.4, 0.5) is 0 Å². The highest BCUT2D eigenvalue weighted by atomic mass is 79.9. The van der Waals surface area contributed by atoms with Crippen LogP contribution in [0, 0.1) is 0 Å². The van der Waals surface area contributed by atoms with Crippen LogP contribution in [0.5, 0.6) is 0 Å². The summed E-state index contributed by atoms with van der Waals surface area (Å²) in [5.41, 5.74) is 0. The Morgan fingerprint density at radius 3 is 3.08 bits per heavy atom. The number of ether oxygens (including phenoxy) is 2. The summed E-state index contributed by atoms with van der Waals surface area (Å²) in [6.07, 6.45) is 1.33. The van der Waals surface area contributed by atoms with Crippen molar-refractivity contribution in [3.05, 3.63) is 0 Å². The van der Waals surface area contributed by atoms with E-state index in [0.29, 0.717) is 18.0 Å². The molecule has 1 rings (SSSR count). The number of hydrogen-bond donors (Lipinski definition) is 0. The van der Waals surface area contributed by atoms with E-state index in [2.05, 4.69) is 15.9 Å². The SMILES string of the molecule is CCOC(=O)C1CC(Br)CCO1. The highest BCUT2D eigenvalue weighted by Gasteiger charge is 2.27. The second-order valence-electron chi connectivity index (χ2n) is 2.73. The predicted molar refractivity (Wildman–Crippen MR) is 48.3 cm³/mol. The molecule has 0 bridgehead atoms. The standard InChI is InChI=1S/C8H13BrO3/c1-2-11-8(10)7-5-6(9)3-4-12-7/h6-7H,2-5H2,1H3. The van der Waals surface area contributed by atoms with E-state index < -0.39 is 0 Å². The van der Waals surface area contributed by atoms with Gasteiger partial charge in [-0.15, -0.1) is 0 Å². The van der Waals surface area contributed by atoms with E-state index in [-0.39, 0.29) is 12.1 Å². The fraction of sp³-hybridized carbons (Fsp3) is 0.875. The molecule has 0 amide bonds. The molecule has 2 unspecified atom stereocenters. The van der Waals surface area contributed by atoms with Gasteiger partial charge in [-0.1, -0.05) is 15.9 Å². The average molecular weight is 237 g/mol. The van der Waals surface area contributed by atoms with Gasteiger partial charge in [0.05, 0.1) is 6.61 Å². The third-order valence-electron chi connectivity index (χ3n) is 1.77. The fourth-order valence-corrected chi connectivity index (χ4v) is 1.68. The van der Waals surface area contributed by atoms with Crippen LogP contribution >= 0.6 is 15.9 Å². The van der Waals surface area contributed by atoms with Gasteiger partial charge in [-0.2, -0.15) is 0 Å². The first-order chi connectivity index (χ1) is 5.74. The summed E-state index contributed by atoms with van der Waals surface area (Å²) in [5, 5.41) is 0. The highest BCUT2D eigenvalue weighted by molar-refractivity contribution is 9.09. The van der Waals surface area contributed by atoms with Crippen molar-refractivity contribution in [1.29, 1.82) is 0 Å². The molecule has 0 spiro atoms. The zero-order chi connectivity index (χ0) is 8.97. The molecule has 0 aromatic carbocycles. The molecule has 0 saturated carbocycles. The molecule has 3 nitrogen and oxygen atoms in total. The fourth-order valence-electron chi connectivity index (χ4n) is 1.16. The van der Waals surface area contributed by atoms with Crippen LogP contribution in [-0.2, 0) is 14.3 Å². The quantitative estimate of drug-likeness (QED) is 0.539. The van der Waals surface area contributed by atoms with E-state index in [1.54, 1.807) is 6.92 Å². The van der Waals surface area contributed by atoms with E-state index in [1.165, 1.54) is 0 Å². The lowest BCUT2D eigenvalue weighted by Gasteiger charge is -2.24. The Kier molecular flexibility index (Phi) is 4.01. The maximum absolute atomic E-state index is 11.2. The van der Waals surface area contributed by atoms with Gasteiger partial charge in [-0.25, -0.2) is 4.79 Å². The van der Waals surface area contributed by atoms with Gasteiger partial charge in [0.15, 0.2) is 6.10 Å². The summed E-state index contributed by atoms with van der Waals surface area (Å²) in [5.74, 6) is -0.235. The Bertz CT molecular complexity index is 160. The van der Waals surface area contributed by atoms with Gasteiger partial charge in [0, 0.05) is 11.4 Å². The number of carbonyl (C=O) groups is 1. The molecule has 0 aliphatic carbocycles. The molecule has 1 fully saturated rings. The lowest BCUT2D eigenvalue weighted by atomic mass is 10.1. The number of halogens is 1. The molecule has 70 valence electrons. The van der Waals surface area contributed by atoms with Crippen molar-refractivity contribution in [3.63, 3.8) is 0 Å². The Morgan fingerprint density at radius 2 is 2.50 bits per heavy atom. The first-order valence-corrected chi connectivity index (χ1v) is 5.08.